The van der Waals surface area contributed by atoms with Gasteiger partial charge in [-0.2, -0.15) is 4.68 Å². The quantitative estimate of drug-likeness (QED) is 0.537. The van der Waals surface area contributed by atoms with Gasteiger partial charge in [0.25, 0.3) is 11.6 Å². The zero-order valence-corrected chi connectivity index (χ0v) is 10.6. The molecule has 0 saturated heterocycles. The van der Waals surface area contributed by atoms with E-state index in [0.29, 0.717) is 11.3 Å². The number of hydrogen-bond donors (Lipinski definition) is 0. The van der Waals surface area contributed by atoms with Gasteiger partial charge in [0.05, 0.1) is 23.3 Å². The fourth-order valence-corrected chi connectivity index (χ4v) is 1.89. The minimum Gasteiger partial charge on any atom is -0.459 e. The number of benzene rings is 1. The number of para-hydroxylation sites is 1. The van der Waals surface area contributed by atoms with Gasteiger partial charge in [0.1, 0.15) is 0 Å². The van der Waals surface area contributed by atoms with Crippen molar-refractivity contribution in [3.05, 3.63) is 68.9 Å². The van der Waals surface area contributed by atoms with E-state index >= 15 is 0 Å². The van der Waals surface area contributed by atoms with Crippen molar-refractivity contribution in [2.45, 2.75) is 6.54 Å². The number of furan rings is 1. The van der Waals surface area contributed by atoms with E-state index in [9.17, 15) is 14.9 Å². The summed E-state index contributed by atoms with van der Waals surface area (Å²) in [6.45, 7) is -0.0554. The molecule has 0 spiro atoms. The topological polar surface area (TPSA) is 104 Å². The zero-order chi connectivity index (χ0) is 14.8. The van der Waals surface area contributed by atoms with E-state index in [4.69, 9.17) is 8.83 Å². The highest BCUT2D eigenvalue weighted by atomic mass is 16.6. The number of nitro groups is 1. The smallest absolute Gasteiger partial charge is 0.437 e. The largest absolute Gasteiger partial charge is 0.459 e. The lowest BCUT2D eigenvalue weighted by Gasteiger charge is -2.00. The first-order valence-electron chi connectivity index (χ1n) is 5.99. The fraction of sp³-hybridized carbons (Fsp3) is 0.0769. The van der Waals surface area contributed by atoms with Gasteiger partial charge in [-0.05, 0) is 12.1 Å². The Balaban J connectivity index is 1.96. The van der Waals surface area contributed by atoms with Gasteiger partial charge in [-0.15, -0.1) is 5.10 Å². The molecule has 8 heteroatoms. The maximum absolute atomic E-state index is 11.7. The van der Waals surface area contributed by atoms with Crippen molar-refractivity contribution in [2.75, 3.05) is 0 Å². The SMILES string of the molecule is O=c1oc(-c2ccco2)nn1Cc1ccccc1[N+](=O)[O-]. The zero-order valence-electron chi connectivity index (χ0n) is 10.6. The third-order valence-electron chi connectivity index (χ3n) is 2.85. The molecule has 0 saturated carbocycles. The Bertz CT molecular complexity index is 832. The lowest BCUT2D eigenvalue weighted by molar-refractivity contribution is -0.385. The molecule has 3 aromatic rings. The molecular weight excluding hydrogens is 278 g/mol. The van der Waals surface area contributed by atoms with Crippen LogP contribution in [0, 0.1) is 10.1 Å². The second-order valence-corrected chi connectivity index (χ2v) is 4.19. The Hall–Kier alpha value is -3.16. The third-order valence-corrected chi connectivity index (χ3v) is 2.85. The summed E-state index contributed by atoms with van der Waals surface area (Å²) in [7, 11) is 0. The summed E-state index contributed by atoms with van der Waals surface area (Å²) in [5.74, 6) is -0.364. The highest BCUT2D eigenvalue weighted by Gasteiger charge is 2.17. The van der Waals surface area contributed by atoms with Gasteiger partial charge in [0.2, 0.25) is 0 Å². The highest BCUT2D eigenvalue weighted by molar-refractivity contribution is 5.43. The molecule has 0 fully saturated rings. The van der Waals surface area contributed by atoms with Gasteiger partial charge in [0, 0.05) is 6.07 Å². The second kappa shape index (κ2) is 5.08. The van der Waals surface area contributed by atoms with Crippen LogP contribution >= 0.6 is 0 Å². The van der Waals surface area contributed by atoms with Gasteiger partial charge in [-0.25, -0.2) is 4.79 Å². The second-order valence-electron chi connectivity index (χ2n) is 4.19. The summed E-state index contributed by atoms with van der Waals surface area (Å²) >= 11 is 0. The van der Waals surface area contributed by atoms with E-state index in [1.54, 1.807) is 30.3 Å². The van der Waals surface area contributed by atoms with Crippen LogP contribution in [0.4, 0.5) is 5.69 Å². The Morgan fingerprint density at radius 1 is 1.24 bits per heavy atom. The molecule has 0 aliphatic carbocycles. The van der Waals surface area contributed by atoms with Crippen LogP contribution in [0.3, 0.4) is 0 Å². The van der Waals surface area contributed by atoms with Crippen LogP contribution < -0.4 is 5.76 Å². The Labute approximate surface area is 117 Å². The average Bonchev–Trinajstić information content (AvgIpc) is 3.10. The summed E-state index contributed by atoms with van der Waals surface area (Å²) < 4.78 is 11.1. The van der Waals surface area contributed by atoms with Crippen LogP contribution in [0.15, 0.2) is 56.3 Å². The molecule has 0 N–H and O–H groups in total. The standard InChI is InChI=1S/C13H9N3O5/c17-13-15(14-12(21-13)11-6-3-7-20-11)8-9-4-1-2-5-10(9)16(18)19/h1-7H,8H2. The number of rotatable bonds is 4. The van der Waals surface area contributed by atoms with Gasteiger partial charge < -0.3 is 8.83 Å². The molecule has 0 atom stereocenters. The van der Waals surface area contributed by atoms with Crippen LogP contribution in [0.1, 0.15) is 5.56 Å². The molecule has 8 nitrogen and oxygen atoms in total. The summed E-state index contributed by atoms with van der Waals surface area (Å²) in [5, 5.41) is 14.9. The maximum Gasteiger partial charge on any atom is 0.437 e. The molecule has 21 heavy (non-hydrogen) atoms. The summed E-state index contributed by atoms with van der Waals surface area (Å²) in [6, 6.07) is 9.37. The Kier molecular flexibility index (Phi) is 3.11. The first-order valence-corrected chi connectivity index (χ1v) is 5.99. The normalized spacial score (nSPS) is 10.7. The van der Waals surface area contributed by atoms with E-state index in [1.807, 2.05) is 0 Å². The highest BCUT2D eigenvalue weighted by Crippen LogP contribution is 2.19. The molecule has 0 radical (unpaired) electrons. The molecule has 106 valence electrons. The lowest BCUT2D eigenvalue weighted by atomic mass is 10.2. The van der Waals surface area contributed by atoms with Crippen LogP contribution in [0.25, 0.3) is 11.7 Å². The summed E-state index contributed by atoms with van der Waals surface area (Å²) in [4.78, 5) is 22.2. The van der Waals surface area contributed by atoms with Crippen LogP contribution in [0.2, 0.25) is 0 Å². The third kappa shape index (κ3) is 2.46. The molecule has 0 amide bonds. The first kappa shape index (κ1) is 12.9. The fourth-order valence-electron chi connectivity index (χ4n) is 1.89. The number of hydrogen-bond acceptors (Lipinski definition) is 6. The van der Waals surface area contributed by atoms with Crippen molar-refractivity contribution in [2.24, 2.45) is 0 Å². The van der Waals surface area contributed by atoms with Crippen molar-refractivity contribution in [3.63, 3.8) is 0 Å². The number of aromatic nitrogens is 2. The van der Waals surface area contributed by atoms with Crippen molar-refractivity contribution >= 4 is 5.69 Å². The molecule has 3 rings (SSSR count). The molecule has 0 unspecified atom stereocenters. The van der Waals surface area contributed by atoms with Gasteiger partial charge in [-0.3, -0.25) is 10.1 Å². The lowest BCUT2D eigenvalue weighted by Crippen LogP contribution is -2.17. The maximum atomic E-state index is 11.7. The molecule has 0 bridgehead atoms. The Morgan fingerprint density at radius 2 is 2.05 bits per heavy atom. The molecule has 0 aliphatic heterocycles. The first-order chi connectivity index (χ1) is 10.1. The van der Waals surface area contributed by atoms with E-state index in [1.165, 1.54) is 12.3 Å². The predicted octanol–water partition coefficient (Wildman–Crippen LogP) is 2.05. The number of nitrogens with zero attached hydrogens (tertiary/aromatic N) is 3. The van der Waals surface area contributed by atoms with Crippen molar-refractivity contribution in [1.29, 1.82) is 0 Å². The van der Waals surface area contributed by atoms with Gasteiger partial charge in [-0.1, -0.05) is 18.2 Å². The molecule has 2 heterocycles. The van der Waals surface area contributed by atoms with E-state index < -0.39 is 10.7 Å². The molecule has 1 aromatic carbocycles. The minimum atomic E-state index is -0.709. The molecule has 0 aliphatic rings. The van der Waals surface area contributed by atoms with Crippen LogP contribution in [0.5, 0.6) is 0 Å². The van der Waals surface area contributed by atoms with Crippen LogP contribution in [-0.2, 0) is 6.54 Å². The van der Waals surface area contributed by atoms with E-state index in [0.717, 1.165) is 4.68 Å². The predicted molar refractivity (Wildman–Crippen MR) is 70.7 cm³/mol. The summed E-state index contributed by atoms with van der Waals surface area (Å²) in [5.41, 5.74) is 0.288. The average molecular weight is 287 g/mol. The Morgan fingerprint density at radius 3 is 2.76 bits per heavy atom. The summed E-state index contributed by atoms with van der Waals surface area (Å²) in [6.07, 6.45) is 1.43. The van der Waals surface area contributed by atoms with Crippen molar-refractivity contribution in [3.8, 4) is 11.7 Å². The van der Waals surface area contributed by atoms with Crippen LogP contribution in [-0.4, -0.2) is 14.7 Å². The minimum absolute atomic E-state index is 0.0311. The molecule has 2 aromatic heterocycles. The van der Waals surface area contributed by atoms with Crippen molar-refractivity contribution in [1.82, 2.24) is 9.78 Å². The van der Waals surface area contributed by atoms with Gasteiger partial charge in [0.15, 0.2) is 5.76 Å². The molecular formula is C13H9N3O5. The van der Waals surface area contributed by atoms with Gasteiger partial charge >= 0.3 is 5.76 Å². The number of nitro benzene ring substituents is 1. The van der Waals surface area contributed by atoms with Crippen molar-refractivity contribution < 1.29 is 13.8 Å². The van der Waals surface area contributed by atoms with E-state index in [-0.39, 0.29) is 18.1 Å². The monoisotopic (exact) mass is 287 g/mol. The van der Waals surface area contributed by atoms with E-state index in [2.05, 4.69) is 5.10 Å².